The maximum absolute atomic E-state index is 11.7. The Morgan fingerprint density at radius 1 is 1.38 bits per heavy atom. The second-order valence-electron chi connectivity index (χ2n) is 3.78. The largest absolute Gasteiger partial charge is 0.459 e. The van der Waals surface area contributed by atoms with E-state index in [9.17, 15) is 14.4 Å². The molecule has 0 atom stereocenters. The molecular formula is C11H17NO4. The van der Waals surface area contributed by atoms with Crippen LogP contribution in [-0.4, -0.2) is 42.3 Å². The maximum atomic E-state index is 11.7. The topological polar surface area (TPSA) is 63.7 Å². The number of aldehydes is 1. The average molecular weight is 227 g/mol. The van der Waals surface area contributed by atoms with Crippen LogP contribution in [0.4, 0.5) is 0 Å². The highest BCUT2D eigenvalue weighted by molar-refractivity contribution is 6.32. The monoisotopic (exact) mass is 227 g/mol. The van der Waals surface area contributed by atoms with Crippen molar-refractivity contribution >= 4 is 18.2 Å². The van der Waals surface area contributed by atoms with Gasteiger partial charge in [-0.15, -0.1) is 0 Å². The van der Waals surface area contributed by atoms with Gasteiger partial charge in [0.25, 0.3) is 0 Å². The van der Waals surface area contributed by atoms with Crippen LogP contribution >= 0.6 is 0 Å². The van der Waals surface area contributed by atoms with Gasteiger partial charge in [-0.3, -0.25) is 4.79 Å². The Hall–Kier alpha value is -1.39. The zero-order valence-electron chi connectivity index (χ0n) is 9.48. The van der Waals surface area contributed by atoms with Gasteiger partial charge in [-0.05, 0) is 19.8 Å². The molecule has 1 rings (SSSR count). The number of hydrogen-bond donors (Lipinski definition) is 0. The van der Waals surface area contributed by atoms with E-state index in [4.69, 9.17) is 0 Å². The summed E-state index contributed by atoms with van der Waals surface area (Å²) in [6, 6.07) is 0.0158. The number of rotatable bonds is 4. The molecule has 1 aliphatic rings. The van der Waals surface area contributed by atoms with Crippen molar-refractivity contribution in [2.45, 2.75) is 38.6 Å². The number of esters is 1. The summed E-state index contributed by atoms with van der Waals surface area (Å²) in [4.78, 5) is 34.8. The van der Waals surface area contributed by atoms with Gasteiger partial charge in [0.1, 0.15) is 6.29 Å². The highest BCUT2D eigenvalue weighted by Crippen LogP contribution is 2.23. The number of nitrogens with zero attached hydrogens (tertiary/aromatic N) is 1. The van der Waals surface area contributed by atoms with E-state index in [-0.39, 0.29) is 19.2 Å². The van der Waals surface area contributed by atoms with E-state index in [2.05, 4.69) is 4.74 Å². The lowest BCUT2D eigenvalue weighted by Crippen LogP contribution is -2.44. The Kier molecular flexibility index (Phi) is 4.95. The smallest absolute Gasteiger partial charge is 0.397 e. The second kappa shape index (κ2) is 6.25. The van der Waals surface area contributed by atoms with Crippen molar-refractivity contribution in [3.63, 3.8) is 0 Å². The van der Waals surface area contributed by atoms with Crippen LogP contribution in [0.15, 0.2) is 0 Å². The molecule has 0 radical (unpaired) electrons. The summed E-state index contributed by atoms with van der Waals surface area (Å²) in [7, 11) is 0. The van der Waals surface area contributed by atoms with Crippen LogP contribution in [0.3, 0.4) is 0 Å². The van der Waals surface area contributed by atoms with E-state index in [1.54, 1.807) is 6.92 Å². The van der Waals surface area contributed by atoms with Gasteiger partial charge in [0.15, 0.2) is 0 Å². The Balaban J connectivity index is 2.64. The molecule has 0 unspecified atom stereocenters. The quantitative estimate of drug-likeness (QED) is 0.399. The molecular weight excluding hydrogens is 210 g/mol. The third kappa shape index (κ3) is 3.05. The summed E-state index contributed by atoms with van der Waals surface area (Å²) in [6.45, 7) is 1.79. The Bertz CT molecular complexity index is 271. The van der Waals surface area contributed by atoms with Crippen molar-refractivity contribution in [3.8, 4) is 0 Å². The number of carbonyl (C=O) groups excluding carboxylic acids is 3. The van der Waals surface area contributed by atoms with Crippen LogP contribution in [0.5, 0.6) is 0 Å². The van der Waals surface area contributed by atoms with Gasteiger partial charge >= 0.3 is 11.9 Å². The van der Waals surface area contributed by atoms with Crippen molar-refractivity contribution in [1.29, 1.82) is 0 Å². The summed E-state index contributed by atoms with van der Waals surface area (Å²) >= 11 is 0. The van der Waals surface area contributed by atoms with Gasteiger partial charge < -0.3 is 14.4 Å². The molecule has 1 aliphatic carbocycles. The predicted molar refractivity (Wildman–Crippen MR) is 56.7 cm³/mol. The molecule has 16 heavy (non-hydrogen) atoms. The minimum atomic E-state index is -0.865. The molecule has 0 aromatic rings. The summed E-state index contributed by atoms with van der Waals surface area (Å²) in [5.41, 5.74) is 0. The highest BCUT2D eigenvalue weighted by Gasteiger charge is 2.30. The summed E-state index contributed by atoms with van der Waals surface area (Å²) < 4.78 is 4.64. The molecule has 0 N–H and O–H groups in total. The molecule has 0 saturated heterocycles. The third-order valence-corrected chi connectivity index (χ3v) is 2.75. The van der Waals surface area contributed by atoms with Crippen molar-refractivity contribution in [1.82, 2.24) is 4.90 Å². The molecule has 0 aromatic heterocycles. The molecule has 1 amide bonds. The van der Waals surface area contributed by atoms with Crippen LogP contribution < -0.4 is 0 Å². The van der Waals surface area contributed by atoms with Crippen LogP contribution in [0.2, 0.25) is 0 Å². The third-order valence-electron chi connectivity index (χ3n) is 2.75. The Morgan fingerprint density at radius 2 is 2.00 bits per heavy atom. The first kappa shape index (κ1) is 12.7. The summed E-state index contributed by atoms with van der Waals surface area (Å²) in [5.74, 6) is -1.56. The number of hydrogen-bond acceptors (Lipinski definition) is 4. The van der Waals surface area contributed by atoms with Crippen LogP contribution in [0.1, 0.15) is 32.6 Å². The maximum Gasteiger partial charge on any atom is 0.397 e. The highest BCUT2D eigenvalue weighted by atomic mass is 16.5. The van der Waals surface area contributed by atoms with Crippen LogP contribution in [-0.2, 0) is 19.1 Å². The van der Waals surface area contributed by atoms with Gasteiger partial charge in [0.2, 0.25) is 0 Å². The van der Waals surface area contributed by atoms with Crippen molar-refractivity contribution in [3.05, 3.63) is 0 Å². The number of ether oxygens (including phenoxy) is 1. The molecule has 5 heteroatoms. The first-order chi connectivity index (χ1) is 7.70. The van der Waals surface area contributed by atoms with Crippen molar-refractivity contribution < 1.29 is 19.1 Å². The molecule has 0 spiro atoms. The van der Waals surface area contributed by atoms with E-state index >= 15 is 0 Å². The lowest BCUT2D eigenvalue weighted by atomic mass is 10.2. The second-order valence-corrected chi connectivity index (χ2v) is 3.78. The van der Waals surface area contributed by atoms with Crippen molar-refractivity contribution in [2.75, 3.05) is 13.2 Å². The van der Waals surface area contributed by atoms with Crippen LogP contribution in [0, 0.1) is 0 Å². The van der Waals surface area contributed by atoms with Gasteiger partial charge in [-0.1, -0.05) is 12.8 Å². The zero-order valence-corrected chi connectivity index (χ0v) is 9.48. The SMILES string of the molecule is CCOC(=O)C(=O)N(CC=O)C1CCCC1. The van der Waals surface area contributed by atoms with E-state index in [0.717, 1.165) is 25.7 Å². The molecule has 1 fully saturated rings. The molecule has 1 saturated carbocycles. The predicted octanol–water partition coefficient (Wildman–Crippen LogP) is 0.520. The first-order valence-corrected chi connectivity index (χ1v) is 5.62. The van der Waals surface area contributed by atoms with E-state index < -0.39 is 11.9 Å². The number of carbonyl (C=O) groups is 3. The van der Waals surface area contributed by atoms with Gasteiger partial charge in [0, 0.05) is 6.04 Å². The molecule has 0 bridgehead atoms. The number of amides is 1. The molecule has 0 aromatic carbocycles. The van der Waals surface area contributed by atoms with E-state index in [0.29, 0.717) is 6.29 Å². The fraction of sp³-hybridized carbons (Fsp3) is 0.727. The first-order valence-electron chi connectivity index (χ1n) is 5.62. The molecule has 90 valence electrons. The zero-order chi connectivity index (χ0) is 12.0. The fourth-order valence-electron chi connectivity index (χ4n) is 2.00. The molecule has 0 aliphatic heterocycles. The van der Waals surface area contributed by atoms with Gasteiger partial charge in [0.05, 0.1) is 13.2 Å². The average Bonchev–Trinajstić information content (AvgIpc) is 2.78. The normalized spacial score (nSPS) is 15.8. The lowest BCUT2D eigenvalue weighted by molar-refractivity contribution is -0.161. The minimum Gasteiger partial charge on any atom is -0.459 e. The van der Waals surface area contributed by atoms with Gasteiger partial charge in [-0.2, -0.15) is 0 Å². The summed E-state index contributed by atoms with van der Waals surface area (Å²) in [5, 5.41) is 0. The lowest BCUT2D eigenvalue weighted by Gasteiger charge is -2.25. The van der Waals surface area contributed by atoms with E-state index in [1.165, 1.54) is 4.90 Å². The van der Waals surface area contributed by atoms with E-state index in [1.807, 2.05) is 0 Å². The molecule has 0 heterocycles. The van der Waals surface area contributed by atoms with Crippen LogP contribution in [0.25, 0.3) is 0 Å². The minimum absolute atomic E-state index is 0.0158. The summed E-state index contributed by atoms with van der Waals surface area (Å²) in [6.07, 6.45) is 4.44. The van der Waals surface area contributed by atoms with Crippen molar-refractivity contribution in [2.24, 2.45) is 0 Å². The standard InChI is InChI=1S/C11H17NO4/c1-2-16-11(15)10(14)12(7-8-13)9-5-3-4-6-9/h8-9H,2-7H2,1H3. The Labute approximate surface area is 94.7 Å². The molecule has 5 nitrogen and oxygen atoms in total. The fourth-order valence-corrected chi connectivity index (χ4v) is 2.00. The van der Waals surface area contributed by atoms with Gasteiger partial charge in [-0.25, -0.2) is 4.79 Å². The Morgan fingerprint density at radius 3 is 2.50 bits per heavy atom.